The van der Waals surface area contributed by atoms with Crippen LogP contribution in [0.15, 0.2) is 28.7 Å². The smallest absolute Gasteiger partial charge is 0.0622 e. The van der Waals surface area contributed by atoms with Crippen molar-refractivity contribution in [2.24, 2.45) is 5.73 Å². The molecule has 1 heterocycles. The van der Waals surface area contributed by atoms with Crippen molar-refractivity contribution in [2.45, 2.75) is 38.3 Å². The fourth-order valence-corrected chi connectivity index (χ4v) is 3.30. The molecule has 1 aliphatic rings. The van der Waals surface area contributed by atoms with Crippen molar-refractivity contribution in [3.05, 3.63) is 34.3 Å². The number of hydrogen-bond acceptors (Lipinski definition) is 3. The van der Waals surface area contributed by atoms with Gasteiger partial charge >= 0.3 is 0 Å². The number of benzene rings is 1. The molecule has 4 heteroatoms. The number of nitrogens with zero attached hydrogens (tertiary/aromatic N) is 1. The highest BCUT2D eigenvalue weighted by Gasteiger charge is 2.36. The average molecular weight is 341 g/mol. The lowest BCUT2D eigenvalue weighted by atomic mass is 9.88. The van der Waals surface area contributed by atoms with E-state index < -0.39 is 0 Å². The molecule has 0 amide bonds. The van der Waals surface area contributed by atoms with E-state index in [0.717, 1.165) is 37.1 Å². The SMILES string of the molecule is CCC1COCCN1C(C)(CN)Cc1ccc(Br)cc1. The molecule has 0 bridgehead atoms. The van der Waals surface area contributed by atoms with E-state index in [1.54, 1.807) is 0 Å². The van der Waals surface area contributed by atoms with Crippen molar-refractivity contribution in [3.63, 3.8) is 0 Å². The normalized spacial score (nSPS) is 23.5. The van der Waals surface area contributed by atoms with Gasteiger partial charge in [-0.25, -0.2) is 0 Å². The molecule has 1 aliphatic heterocycles. The molecule has 112 valence electrons. The minimum Gasteiger partial charge on any atom is -0.378 e. The van der Waals surface area contributed by atoms with E-state index >= 15 is 0 Å². The van der Waals surface area contributed by atoms with Gasteiger partial charge in [-0.1, -0.05) is 35.0 Å². The zero-order chi connectivity index (χ0) is 14.6. The first-order chi connectivity index (χ1) is 9.59. The highest BCUT2D eigenvalue weighted by Crippen LogP contribution is 2.26. The van der Waals surface area contributed by atoms with Crippen molar-refractivity contribution < 1.29 is 4.74 Å². The van der Waals surface area contributed by atoms with E-state index in [4.69, 9.17) is 10.5 Å². The lowest BCUT2D eigenvalue weighted by Gasteiger charge is -2.47. The molecule has 2 atom stereocenters. The molecule has 0 aliphatic carbocycles. The third kappa shape index (κ3) is 3.61. The van der Waals surface area contributed by atoms with Crippen molar-refractivity contribution >= 4 is 15.9 Å². The number of ether oxygens (including phenoxy) is 1. The molecule has 0 spiro atoms. The quantitative estimate of drug-likeness (QED) is 0.895. The van der Waals surface area contributed by atoms with Crippen LogP contribution in [0, 0.1) is 0 Å². The van der Waals surface area contributed by atoms with E-state index in [-0.39, 0.29) is 5.54 Å². The summed E-state index contributed by atoms with van der Waals surface area (Å²) in [5.74, 6) is 0. The summed E-state index contributed by atoms with van der Waals surface area (Å²) in [5.41, 5.74) is 7.47. The highest BCUT2D eigenvalue weighted by molar-refractivity contribution is 9.10. The van der Waals surface area contributed by atoms with E-state index in [2.05, 4.69) is 58.9 Å². The Morgan fingerprint density at radius 3 is 2.70 bits per heavy atom. The van der Waals surface area contributed by atoms with Gasteiger partial charge in [0.1, 0.15) is 0 Å². The van der Waals surface area contributed by atoms with Crippen LogP contribution >= 0.6 is 15.9 Å². The maximum atomic E-state index is 6.14. The molecular weight excluding hydrogens is 316 g/mol. The van der Waals surface area contributed by atoms with E-state index in [0.29, 0.717) is 12.6 Å². The Labute approximate surface area is 130 Å². The van der Waals surface area contributed by atoms with Gasteiger partial charge < -0.3 is 10.5 Å². The molecule has 0 radical (unpaired) electrons. The zero-order valence-electron chi connectivity index (χ0n) is 12.4. The van der Waals surface area contributed by atoms with Crippen molar-refractivity contribution in [2.75, 3.05) is 26.3 Å². The van der Waals surface area contributed by atoms with E-state index in [9.17, 15) is 0 Å². The van der Waals surface area contributed by atoms with Crippen LogP contribution in [0.5, 0.6) is 0 Å². The fraction of sp³-hybridized carbons (Fsp3) is 0.625. The maximum absolute atomic E-state index is 6.14. The first-order valence-electron chi connectivity index (χ1n) is 7.38. The number of hydrogen-bond donors (Lipinski definition) is 1. The van der Waals surface area contributed by atoms with Gasteiger partial charge in [0.05, 0.1) is 13.2 Å². The van der Waals surface area contributed by atoms with E-state index in [1.807, 2.05) is 0 Å². The Balaban J connectivity index is 2.16. The molecule has 2 N–H and O–H groups in total. The second-order valence-corrected chi connectivity index (χ2v) is 6.75. The molecule has 1 saturated heterocycles. The Morgan fingerprint density at radius 2 is 2.10 bits per heavy atom. The topological polar surface area (TPSA) is 38.5 Å². The molecule has 1 fully saturated rings. The Morgan fingerprint density at radius 1 is 1.40 bits per heavy atom. The van der Waals surface area contributed by atoms with Gasteiger partial charge in [0.2, 0.25) is 0 Å². The molecule has 3 nitrogen and oxygen atoms in total. The summed E-state index contributed by atoms with van der Waals surface area (Å²) in [5, 5.41) is 0. The lowest BCUT2D eigenvalue weighted by Crippen LogP contribution is -2.61. The van der Waals surface area contributed by atoms with Crippen molar-refractivity contribution in [1.82, 2.24) is 4.90 Å². The third-order valence-electron chi connectivity index (χ3n) is 4.33. The van der Waals surface area contributed by atoms with Crippen LogP contribution in [0.1, 0.15) is 25.8 Å². The molecule has 1 aromatic rings. The van der Waals surface area contributed by atoms with Gasteiger partial charge in [-0.05, 0) is 37.5 Å². The fourth-order valence-electron chi connectivity index (χ4n) is 3.04. The molecule has 2 rings (SSSR count). The largest absolute Gasteiger partial charge is 0.378 e. The maximum Gasteiger partial charge on any atom is 0.0622 e. The lowest BCUT2D eigenvalue weighted by molar-refractivity contribution is -0.0582. The van der Waals surface area contributed by atoms with E-state index in [1.165, 1.54) is 5.56 Å². The second kappa shape index (κ2) is 7.03. The standard InChI is InChI=1S/C16H25BrN2O/c1-3-15-11-20-9-8-19(15)16(2,12-18)10-13-4-6-14(17)7-5-13/h4-7,15H,3,8-12,18H2,1-2H3. The minimum absolute atomic E-state index is 0.00170. The summed E-state index contributed by atoms with van der Waals surface area (Å²) in [6.07, 6.45) is 2.09. The summed E-state index contributed by atoms with van der Waals surface area (Å²) < 4.78 is 6.74. The predicted octanol–water partition coefficient (Wildman–Crippen LogP) is 2.82. The first kappa shape index (κ1) is 16.0. The van der Waals surface area contributed by atoms with Crippen LogP contribution in [0.4, 0.5) is 0 Å². The molecule has 1 aromatic carbocycles. The average Bonchev–Trinajstić information content (AvgIpc) is 2.49. The third-order valence-corrected chi connectivity index (χ3v) is 4.86. The van der Waals surface area contributed by atoms with Crippen LogP contribution in [0.3, 0.4) is 0 Å². The van der Waals surface area contributed by atoms with Crippen molar-refractivity contribution in [3.8, 4) is 0 Å². The Hall–Kier alpha value is -0.420. The van der Waals surface area contributed by atoms with Gasteiger partial charge in [-0.3, -0.25) is 4.90 Å². The van der Waals surface area contributed by atoms with Gasteiger partial charge in [-0.2, -0.15) is 0 Å². The molecular formula is C16H25BrN2O. The summed E-state index contributed by atoms with van der Waals surface area (Å²) in [4.78, 5) is 2.55. The summed E-state index contributed by atoms with van der Waals surface area (Å²) in [6, 6.07) is 9.04. The number of nitrogens with two attached hydrogens (primary N) is 1. The summed E-state index contributed by atoms with van der Waals surface area (Å²) in [6.45, 7) is 7.78. The second-order valence-electron chi connectivity index (χ2n) is 5.83. The van der Waals surface area contributed by atoms with Gasteiger partial charge in [0.15, 0.2) is 0 Å². The zero-order valence-corrected chi connectivity index (χ0v) is 14.0. The first-order valence-corrected chi connectivity index (χ1v) is 8.17. The summed E-state index contributed by atoms with van der Waals surface area (Å²) >= 11 is 3.49. The number of rotatable bonds is 5. The van der Waals surface area contributed by atoms with Crippen LogP contribution in [0.2, 0.25) is 0 Å². The monoisotopic (exact) mass is 340 g/mol. The Bertz CT molecular complexity index is 423. The van der Waals surface area contributed by atoms with Gasteiger partial charge in [0.25, 0.3) is 0 Å². The molecule has 20 heavy (non-hydrogen) atoms. The van der Waals surface area contributed by atoms with Crippen LogP contribution in [-0.2, 0) is 11.2 Å². The van der Waals surface area contributed by atoms with Crippen molar-refractivity contribution in [1.29, 1.82) is 0 Å². The van der Waals surface area contributed by atoms with Crippen LogP contribution < -0.4 is 5.73 Å². The molecule has 2 unspecified atom stereocenters. The number of morpholine rings is 1. The number of halogens is 1. The molecule has 0 aromatic heterocycles. The van der Waals surface area contributed by atoms with Crippen LogP contribution in [-0.4, -0.2) is 42.8 Å². The predicted molar refractivity (Wildman–Crippen MR) is 86.9 cm³/mol. The molecule has 0 saturated carbocycles. The van der Waals surface area contributed by atoms with Gasteiger partial charge in [0, 0.05) is 29.1 Å². The highest BCUT2D eigenvalue weighted by atomic mass is 79.9. The van der Waals surface area contributed by atoms with Crippen LogP contribution in [0.25, 0.3) is 0 Å². The summed E-state index contributed by atoms with van der Waals surface area (Å²) in [7, 11) is 0. The van der Waals surface area contributed by atoms with Gasteiger partial charge in [-0.15, -0.1) is 0 Å². The Kier molecular flexibility index (Phi) is 5.61. The minimum atomic E-state index is -0.00170.